The van der Waals surface area contributed by atoms with Crippen LogP contribution >= 0.6 is 0 Å². The number of carbonyl (C=O) groups is 1. The Hall–Kier alpha value is -1.78. The van der Waals surface area contributed by atoms with Gasteiger partial charge in [0.05, 0.1) is 0 Å². The van der Waals surface area contributed by atoms with Crippen molar-refractivity contribution in [2.75, 3.05) is 24.5 Å². The molecule has 1 aliphatic rings. The normalized spacial score (nSPS) is 19.9. The molecule has 0 bridgehead atoms. The number of hydrogen-bond acceptors (Lipinski definition) is 4. The van der Waals surface area contributed by atoms with E-state index in [2.05, 4.69) is 9.88 Å². The summed E-state index contributed by atoms with van der Waals surface area (Å²) in [4.78, 5) is 20.5. The third kappa shape index (κ3) is 3.62. The molecule has 2 heterocycles. The first-order valence-electron chi connectivity index (χ1n) is 7.02. The van der Waals surface area contributed by atoms with Crippen molar-refractivity contribution in [2.24, 2.45) is 0 Å². The molecule has 1 aromatic rings. The number of aromatic nitrogens is 1. The molecule has 1 aromatic heterocycles. The van der Waals surface area contributed by atoms with Gasteiger partial charge in [0, 0.05) is 31.9 Å². The highest BCUT2D eigenvalue weighted by atomic mass is 16.6. The highest BCUT2D eigenvalue weighted by molar-refractivity contribution is 5.69. The van der Waals surface area contributed by atoms with Gasteiger partial charge in [-0.2, -0.15) is 0 Å². The number of piperazine rings is 1. The van der Waals surface area contributed by atoms with Gasteiger partial charge in [-0.1, -0.05) is 6.07 Å². The average Bonchev–Trinajstić information content (AvgIpc) is 2.37. The van der Waals surface area contributed by atoms with Crippen LogP contribution in [0.3, 0.4) is 0 Å². The van der Waals surface area contributed by atoms with Gasteiger partial charge in [-0.15, -0.1) is 0 Å². The zero-order valence-electron chi connectivity index (χ0n) is 12.7. The maximum absolute atomic E-state index is 12.1. The molecule has 1 aliphatic heterocycles. The summed E-state index contributed by atoms with van der Waals surface area (Å²) in [5.41, 5.74) is -0.449. The predicted octanol–water partition coefficient (Wildman–Crippen LogP) is 2.53. The van der Waals surface area contributed by atoms with Crippen LogP contribution in [0.1, 0.15) is 27.7 Å². The lowest BCUT2D eigenvalue weighted by atomic mass is 10.2. The predicted molar refractivity (Wildman–Crippen MR) is 78.9 cm³/mol. The van der Waals surface area contributed by atoms with Crippen LogP contribution in [0.2, 0.25) is 0 Å². The van der Waals surface area contributed by atoms with Crippen molar-refractivity contribution < 1.29 is 9.53 Å². The van der Waals surface area contributed by atoms with E-state index < -0.39 is 5.60 Å². The van der Waals surface area contributed by atoms with Crippen molar-refractivity contribution in [3.8, 4) is 0 Å². The standard InChI is InChI=1S/C15H23N3O2/c1-12-11-17(13-7-5-6-8-16-13)9-10-18(12)14(19)20-15(2,3)4/h5-8,12H,9-11H2,1-4H3/t12-/m0/s1. The number of hydrogen-bond donors (Lipinski definition) is 0. The summed E-state index contributed by atoms with van der Waals surface area (Å²) in [7, 11) is 0. The van der Waals surface area contributed by atoms with Gasteiger partial charge in [0.2, 0.25) is 0 Å². The van der Waals surface area contributed by atoms with Gasteiger partial charge in [-0.25, -0.2) is 9.78 Å². The van der Waals surface area contributed by atoms with E-state index >= 15 is 0 Å². The average molecular weight is 277 g/mol. The van der Waals surface area contributed by atoms with Crippen LogP contribution in [0.25, 0.3) is 0 Å². The van der Waals surface area contributed by atoms with Crippen molar-refractivity contribution in [1.29, 1.82) is 0 Å². The molecule has 1 fully saturated rings. The summed E-state index contributed by atoms with van der Waals surface area (Å²) in [6, 6.07) is 5.99. The molecular weight excluding hydrogens is 254 g/mol. The Kier molecular flexibility index (Phi) is 4.16. The topological polar surface area (TPSA) is 45.7 Å². The van der Waals surface area contributed by atoms with Gasteiger partial charge in [0.25, 0.3) is 0 Å². The first-order chi connectivity index (χ1) is 9.37. The summed E-state index contributed by atoms with van der Waals surface area (Å²) in [6.45, 7) is 9.92. The SMILES string of the molecule is C[C@H]1CN(c2ccccn2)CCN1C(=O)OC(C)(C)C. The number of anilines is 1. The fraction of sp³-hybridized carbons (Fsp3) is 0.600. The summed E-state index contributed by atoms with van der Waals surface area (Å²) in [5.74, 6) is 0.961. The Morgan fingerprint density at radius 3 is 2.65 bits per heavy atom. The molecule has 110 valence electrons. The fourth-order valence-electron chi connectivity index (χ4n) is 2.30. The highest BCUT2D eigenvalue weighted by Gasteiger charge is 2.31. The van der Waals surface area contributed by atoms with Crippen molar-refractivity contribution in [1.82, 2.24) is 9.88 Å². The zero-order chi connectivity index (χ0) is 14.8. The number of carbonyl (C=O) groups excluding carboxylic acids is 1. The Labute approximate surface area is 120 Å². The summed E-state index contributed by atoms with van der Waals surface area (Å²) in [6.07, 6.45) is 1.56. The molecule has 5 nitrogen and oxygen atoms in total. The number of nitrogens with zero attached hydrogens (tertiary/aromatic N) is 3. The Morgan fingerprint density at radius 1 is 1.35 bits per heavy atom. The van der Waals surface area contributed by atoms with Gasteiger partial charge >= 0.3 is 6.09 Å². The summed E-state index contributed by atoms with van der Waals surface area (Å²) in [5, 5.41) is 0. The zero-order valence-corrected chi connectivity index (χ0v) is 12.7. The van der Waals surface area contributed by atoms with Crippen molar-refractivity contribution >= 4 is 11.9 Å². The van der Waals surface area contributed by atoms with Gasteiger partial charge in [0.15, 0.2) is 0 Å². The number of ether oxygens (including phenoxy) is 1. The minimum absolute atomic E-state index is 0.112. The molecule has 0 unspecified atom stereocenters. The van der Waals surface area contributed by atoms with Gasteiger partial charge in [-0.3, -0.25) is 0 Å². The van der Waals surface area contributed by atoms with E-state index in [-0.39, 0.29) is 12.1 Å². The molecule has 1 saturated heterocycles. The largest absolute Gasteiger partial charge is 0.444 e. The maximum atomic E-state index is 12.1. The Morgan fingerprint density at radius 2 is 2.10 bits per heavy atom. The lowest BCUT2D eigenvalue weighted by Crippen LogP contribution is -2.55. The monoisotopic (exact) mass is 277 g/mol. The van der Waals surface area contributed by atoms with Gasteiger partial charge in [0.1, 0.15) is 11.4 Å². The smallest absolute Gasteiger partial charge is 0.410 e. The Balaban J connectivity index is 1.98. The first-order valence-corrected chi connectivity index (χ1v) is 7.02. The molecule has 0 N–H and O–H groups in total. The molecule has 0 aromatic carbocycles. The van der Waals surface area contributed by atoms with Crippen LogP contribution in [0, 0.1) is 0 Å². The molecule has 20 heavy (non-hydrogen) atoms. The van der Waals surface area contributed by atoms with E-state index in [1.54, 1.807) is 11.1 Å². The molecule has 1 amide bonds. The van der Waals surface area contributed by atoms with Crippen LogP contribution in [0.15, 0.2) is 24.4 Å². The maximum Gasteiger partial charge on any atom is 0.410 e. The second-order valence-electron chi connectivity index (χ2n) is 6.16. The first kappa shape index (κ1) is 14.6. The lowest BCUT2D eigenvalue weighted by Gasteiger charge is -2.40. The molecule has 0 aliphatic carbocycles. The van der Waals surface area contributed by atoms with Crippen molar-refractivity contribution in [2.45, 2.75) is 39.3 Å². The number of amides is 1. The van der Waals surface area contributed by atoms with E-state index in [0.717, 1.165) is 18.9 Å². The Bertz CT molecular complexity index is 456. The summed E-state index contributed by atoms with van der Waals surface area (Å²) < 4.78 is 5.44. The van der Waals surface area contributed by atoms with Crippen molar-refractivity contribution in [3.63, 3.8) is 0 Å². The number of pyridine rings is 1. The van der Waals surface area contributed by atoms with E-state index in [1.165, 1.54) is 0 Å². The molecule has 1 atom stereocenters. The minimum atomic E-state index is -0.449. The fourth-order valence-corrected chi connectivity index (χ4v) is 2.30. The van der Waals surface area contributed by atoms with Gasteiger partial charge in [-0.05, 0) is 39.8 Å². The third-order valence-corrected chi connectivity index (χ3v) is 3.23. The summed E-state index contributed by atoms with van der Waals surface area (Å²) >= 11 is 0. The van der Waals surface area contributed by atoms with Crippen LogP contribution in [-0.2, 0) is 4.74 Å². The molecule has 5 heteroatoms. The second-order valence-corrected chi connectivity index (χ2v) is 6.16. The van der Waals surface area contributed by atoms with E-state index in [0.29, 0.717) is 6.54 Å². The quantitative estimate of drug-likeness (QED) is 0.791. The molecule has 0 saturated carbocycles. The van der Waals surface area contributed by atoms with Crippen LogP contribution < -0.4 is 4.90 Å². The van der Waals surface area contributed by atoms with Crippen molar-refractivity contribution in [3.05, 3.63) is 24.4 Å². The number of rotatable bonds is 1. The van der Waals surface area contributed by atoms with Crippen LogP contribution in [0.5, 0.6) is 0 Å². The molecular formula is C15H23N3O2. The second kappa shape index (κ2) is 5.69. The molecule has 0 radical (unpaired) electrons. The lowest BCUT2D eigenvalue weighted by molar-refractivity contribution is 0.0158. The third-order valence-electron chi connectivity index (χ3n) is 3.23. The van der Waals surface area contributed by atoms with E-state index in [1.807, 2.05) is 45.9 Å². The van der Waals surface area contributed by atoms with Crippen LogP contribution in [-0.4, -0.2) is 47.3 Å². The molecule has 0 spiro atoms. The van der Waals surface area contributed by atoms with Gasteiger partial charge < -0.3 is 14.5 Å². The minimum Gasteiger partial charge on any atom is -0.444 e. The van der Waals surface area contributed by atoms with Crippen LogP contribution in [0.4, 0.5) is 10.6 Å². The van der Waals surface area contributed by atoms with E-state index in [4.69, 9.17) is 4.74 Å². The highest BCUT2D eigenvalue weighted by Crippen LogP contribution is 2.19. The molecule has 2 rings (SSSR count). The van der Waals surface area contributed by atoms with E-state index in [9.17, 15) is 4.79 Å².